The molecule has 0 spiro atoms. The van der Waals surface area contributed by atoms with Gasteiger partial charge in [-0.2, -0.15) is 0 Å². The van der Waals surface area contributed by atoms with E-state index in [1.807, 2.05) is 37.4 Å². The van der Waals surface area contributed by atoms with Crippen molar-refractivity contribution in [3.05, 3.63) is 30.3 Å². The molecule has 1 aromatic rings. The van der Waals surface area contributed by atoms with Crippen LogP contribution in [0.1, 0.15) is 45.4 Å². The SMILES string of the molecule is CCC(CNC(=NC)NC1CC2CCCC(C1)N2C)Oc1ccccc1.I. The average molecular weight is 486 g/mol. The minimum Gasteiger partial charge on any atom is -0.489 e. The van der Waals surface area contributed by atoms with E-state index in [1.165, 1.54) is 32.1 Å². The quantitative estimate of drug-likeness (QED) is 0.366. The summed E-state index contributed by atoms with van der Waals surface area (Å²) in [7, 11) is 4.15. The first-order chi connectivity index (χ1) is 12.7. The highest BCUT2D eigenvalue weighted by Crippen LogP contribution is 2.32. The second-order valence-electron chi connectivity index (χ2n) is 7.63. The third-order valence-corrected chi connectivity index (χ3v) is 5.90. The van der Waals surface area contributed by atoms with Crippen LogP contribution in [-0.4, -0.2) is 55.7 Å². The Morgan fingerprint density at radius 1 is 1.22 bits per heavy atom. The van der Waals surface area contributed by atoms with Gasteiger partial charge in [0.25, 0.3) is 0 Å². The van der Waals surface area contributed by atoms with Gasteiger partial charge in [0.05, 0.1) is 6.54 Å². The fraction of sp³-hybridized carbons (Fsp3) is 0.667. The number of aliphatic imine (C=N–C) groups is 1. The van der Waals surface area contributed by atoms with Crippen LogP contribution in [0, 0.1) is 0 Å². The molecule has 0 amide bonds. The first-order valence-corrected chi connectivity index (χ1v) is 10.1. The number of piperidine rings is 2. The number of guanidine groups is 1. The molecule has 3 unspecified atom stereocenters. The largest absolute Gasteiger partial charge is 0.489 e. The summed E-state index contributed by atoms with van der Waals surface area (Å²) in [6.07, 6.45) is 7.57. The molecule has 0 radical (unpaired) electrons. The number of hydrogen-bond donors (Lipinski definition) is 2. The standard InChI is InChI=1S/C21H34N4O.HI/c1-4-19(26-20-11-6-5-7-12-20)15-23-21(22-2)24-16-13-17-9-8-10-18(14-16)25(17)3;/h5-7,11-12,16-19H,4,8-10,13-15H2,1-3H3,(H2,22,23,24);1H. The fourth-order valence-electron chi connectivity index (χ4n) is 4.29. The van der Waals surface area contributed by atoms with Gasteiger partial charge in [0.15, 0.2) is 5.96 Å². The molecule has 27 heavy (non-hydrogen) atoms. The zero-order valence-corrected chi connectivity index (χ0v) is 19.2. The average Bonchev–Trinajstić information content (AvgIpc) is 2.65. The minimum absolute atomic E-state index is 0. The lowest BCUT2D eigenvalue weighted by atomic mass is 9.82. The van der Waals surface area contributed by atoms with E-state index < -0.39 is 0 Å². The molecule has 3 rings (SSSR count). The molecule has 152 valence electrons. The number of fused-ring (bicyclic) bond motifs is 2. The van der Waals surface area contributed by atoms with Gasteiger partial charge in [0, 0.05) is 25.2 Å². The molecule has 2 aliphatic rings. The van der Waals surface area contributed by atoms with E-state index in [4.69, 9.17) is 4.74 Å². The number of nitrogens with zero attached hydrogens (tertiary/aromatic N) is 2. The molecule has 2 bridgehead atoms. The van der Waals surface area contributed by atoms with Crippen LogP contribution in [0.5, 0.6) is 5.75 Å². The van der Waals surface area contributed by atoms with Crippen molar-refractivity contribution in [1.29, 1.82) is 0 Å². The number of nitrogens with one attached hydrogen (secondary N) is 2. The Morgan fingerprint density at radius 3 is 2.48 bits per heavy atom. The lowest BCUT2D eigenvalue weighted by Gasteiger charge is -2.47. The smallest absolute Gasteiger partial charge is 0.191 e. The summed E-state index contributed by atoms with van der Waals surface area (Å²) in [6, 6.07) is 12.0. The molecule has 0 aliphatic carbocycles. The second kappa shape index (κ2) is 11.1. The van der Waals surface area contributed by atoms with E-state index in [0.717, 1.165) is 36.8 Å². The summed E-state index contributed by atoms with van der Waals surface area (Å²) in [5.74, 6) is 1.82. The van der Waals surface area contributed by atoms with Crippen LogP contribution in [0.15, 0.2) is 35.3 Å². The third-order valence-electron chi connectivity index (χ3n) is 5.90. The van der Waals surface area contributed by atoms with Crippen LogP contribution in [0.2, 0.25) is 0 Å². The van der Waals surface area contributed by atoms with Crippen LogP contribution in [0.3, 0.4) is 0 Å². The number of hydrogen-bond acceptors (Lipinski definition) is 3. The van der Waals surface area contributed by atoms with Crippen molar-refractivity contribution in [2.75, 3.05) is 20.6 Å². The predicted molar refractivity (Wildman–Crippen MR) is 123 cm³/mol. The van der Waals surface area contributed by atoms with Gasteiger partial charge < -0.3 is 20.3 Å². The van der Waals surface area contributed by atoms with E-state index in [2.05, 4.69) is 34.5 Å². The summed E-state index contributed by atoms with van der Waals surface area (Å²) in [4.78, 5) is 7.03. The Hall–Kier alpha value is -1.02. The maximum atomic E-state index is 6.07. The van der Waals surface area contributed by atoms with E-state index >= 15 is 0 Å². The van der Waals surface area contributed by atoms with Gasteiger partial charge >= 0.3 is 0 Å². The van der Waals surface area contributed by atoms with E-state index in [-0.39, 0.29) is 30.1 Å². The van der Waals surface area contributed by atoms with Crippen LogP contribution in [0.25, 0.3) is 0 Å². The fourth-order valence-corrected chi connectivity index (χ4v) is 4.29. The summed E-state index contributed by atoms with van der Waals surface area (Å²) >= 11 is 0. The Balaban J connectivity index is 0.00000261. The van der Waals surface area contributed by atoms with E-state index in [0.29, 0.717) is 6.04 Å². The van der Waals surface area contributed by atoms with E-state index in [1.54, 1.807) is 0 Å². The zero-order valence-electron chi connectivity index (χ0n) is 16.9. The van der Waals surface area contributed by atoms with Crippen molar-refractivity contribution in [2.24, 2.45) is 4.99 Å². The van der Waals surface area contributed by atoms with Crippen molar-refractivity contribution in [1.82, 2.24) is 15.5 Å². The highest BCUT2D eigenvalue weighted by atomic mass is 127. The van der Waals surface area contributed by atoms with Crippen molar-refractivity contribution < 1.29 is 4.74 Å². The van der Waals surface area contributed by atoms with Crippen LogP contribution in [-0.2, 0) is 0 Å². The second-order valence-corrected chi connectivity index (χ2v) is 7.63. The predicted octanol–water partition coefficient (Wildman–Crippen LogP) is 3.64. The number of para-hydroxylation sites is 1. The summed E-state index contributed by atoms with van der Waals surface area (Å²) in [6.45, 7) is 2.91. The van der Waals surface area contributed by atoms with Gasteiger partial charge in [0.1, 0.15) is 11.9 Å². The van der Waals surface area contributed by atoms with Gasteiger partial charge in [-0.3, -0.25) is 4.99 Å². The van der Waals surface area contributed by atoms with Crippen molar-refractivity contribution in [3.8, 4) is 5.75 Å². The molecule has 2 heterocycles. The molecule has 0 saturated carbocycles. The van der Waals surface area contributed by atoms with Gasteiger partial charge in [-0.25, -0.2) is 0 Å². The Morgan fingerprint density at radius 2 is 1.89 bits per heavy atom. The number of benzene rings is 1. The molecule has 5 nitrogen and oxygen atoms in total. The molecule has 2 fully saturated rings. The molecule has 2 aliphatic heterocycles. The van der Waals surface area contributed by atoms with Crippen molar-refractivity contribution in [2.45, 2.75) is 69.7 Å². The number of rotatable bonds is 6. The lowest BCUT2D eigenvalue weighted by molar-refractivity contribution is 0.0526. The number of halogens is 1. The first-order valence-electron chi connectivity index (χ1n) is 10.1. The van der Waals surface area contributed by atoms with Crippen molar-refractivity contribution in [3.63, 3.8) is 0 Å². The highest BCUT2D eigenvalue weighted by Gasteiger charge is 2.36. The molecule has 3 atom stereocenters. The number of ether oxygens (including phenoxy) is 1. The Labute approximate surface area is 181 Å². The lowest BCUT2D eigenvalue weighted by Crippen LogP contribution is -2.57. The maximum absolute atomic E-state index is 6.07. The monoisotopic (exact) mass is 486 g/mol. The molecular weight excluding hydrogens is 451 g/mol. The Bertz CT molecular complexity index is 569. The molecular formula is C21H35IN4O. The molecule has 0 aromatic heterocycles. The van der Waals surface area contributed by atoms with Gasteiger partial charge in [-0.05, 0) is 51.3 Å². The molecule has 2 N–H and O–H groups in total. The van der Waals surface area contributed by atoms with Crippen LogP contribution < -0.4 is 15.4 Å². The zero-order chi connectivity index (χ0) is 18.4. The molecule has 1 aromatic carbocycles. The first kappa shape index (κ1) is 22.3. The van der Waals surface area contributed by atoms with Crippen molar-refractivity contribution >= 4 is 29.9 Å². The van der Waals surface area contributed by atoms with Gasteiger partial charge in [-0.15, -0.1) is 24.0 Å². The van der Waals surface area contributed by atoms with Gasteiger partial charge in [-0.1, -0.05) is 31.5 Å². The summed E-state index contributed by atoms with van der Waals surface area (Å²) in [5.41, 5.74) is 0. The minimum atomic E-state index is 0. The van der Waals surface area contributed by atoms with Crippen LogP contribution in [0.4, 0.5) is 0 Å². The van der Waals surface area contributed by atoms with Crippen LogP contribution >= 0.6 is 24.0 Å². The highest BCUT2D eigenvalue weighted by molar-refractivity contribution is 14.0. The molecule has 2 saturated heterocycles. The summed E-state index contributed by atoms with van der Waals surface area (Å²) in [5, 5.41) is 7.12. The molecule has 6 heteroatoms. The third kappa shape index (κ3) is 6.24. The topological polar surface area (TPSA) is 48.9 Å². The Kier molecular flexibility index (Phi) is 9.15. The summed E-state index contributed by atoms with van der Waals surface area (Å²) < 4.78 is 6.07. The van der Waals surface area contributed by atoms with E-state index in [9.17, 15) is 0 Å². The normalized spacial score (nSPS) is 26.6. The maximum Gasteiger partial charge on any atom is 0.191 e. The van der Waals surface area contributed by atoms with Gasteiger partial charge in [0.2, 0.25) is 0 Å².